The van der Waals surface area contributed by atoms with Crippen LogP contribution in [0.1, 0.15) is 75.6 Å². The summed E-state index contributed by atoms with van der Waals surface area (Å²) in [5.74, 6) is 0.972. The van der Waals surface area contributed by atoms with Crippen molar-refractivity contribution in [1.82, 2.24) is 19.9 Å². The Balaban J connectivity index is 1.80. The summed E-state index contributed by atoms with van der Waals surface area (Å²) in [5, 5.41) is 18.2. The van der Waals surface area contributed by atoms with Crippen molar-refractivity contribution >= 4 is 5.97 Å². The molecule has 1 aliphatic carbocycles. The molecule has 2 aromatic heterocycles. The number of aryl methyl sites for hydroxylation is 1. The lowest BCUT2D eigenvalue weighted by molar-refractivity contribution is -0.150. The highest BCUT2D eigenvalue weighted by atomic mass is 16.5. The fourth-order valence-electron chi connectivity index (χ4n) is 3.33. The molecule has 2 heterocycles. The lowest BCUT2D eigenvalue weighted by Gasteiger charge is -2.35. The zero-order valence-corrected chi connectivity index (χ0v) is 14.4. The van der Waals surface area contributed by atoms with Crippen molar-refractivity contribution in [2.45, 2.75) is 70.3 Å². The van der Waals surface area contributed by atoms with Gasteiger partial charge in [-0.05, 0) is 37.2 Å². The smallest absolute Gasteiger partial charge is 0.331 e. The third-order valence-electron chi connectivity index (χ3n) is 5.07. The fourth-order valence-corrected chi connectivity index (χ4v) is 3.33. The van der Waals surface area contributed by atoms with E-state index < -0.39 is 11.5 Å². The van der Waals surface area contributed by atoms with Crippen LogP contribution in [0, 0.1) is 0 Å². The van der Waals surface area contributed by atoms with Gasteiger partial charge in [0, 0.05) is 18.5 Å². The molecule has 0 unspecified atom stereocenters. The Morgan fingerprint density at radius 1 is 1.46 bits per heavy atom. The molecule has 0 atom stereocenters. The molecule has 7 heteroatoms. The number of nitrogens with zero attached hydrogens (tertiary/aromatic N) is 4. The van der Waals surface area contributed by atoms with Gasteiger partial charge in [0.15, 0.2) is 11.4 Å². The first-order valence-electron chi connectivity index (χ1n) is 8.57. The number of aliphatic carboxylic acids is 1. The van der Waals surface area contributed by atoms with Crippen LogP contribution in [0.4, 0.5) is 0 Å². The van der Waals surface area contributed by atoms with Gasteiger partial charge in [-0.2, -0.15) is 10.1 Å². The average molecular weight is 332 g/mol. The maximum absolute atomic E-state index is 12.0. The van der Waals surface area contributed by atoms with Crippen molar-refractivity contribution in [1.29, 1.82) is 0 Å². The molecule has 0 aliphatic heterocycles. The monoisotopic (exact) mass is 332 g/mol. The minimum absolute atomic E-state index is 0.130. The molecule has 0 radical (unpaired) electrons. The predicted molar refractivity (Wildman–Crippen MR) is 86.8 cm³/mol. The summed E-state index contributed by atoms with van der Waals surface area (Å²) in [6, 6.07) is 0. The van der Waals surface area contributed by atoms with Gasteiger partial charge in [0.05, 0.1) is 6.20 Å². The molecule has 130 valence electrons. The summed E-state index contributed by atoms with van der Waals surface area (Å²) >= 11 is 0. The highest BCUT2D eigenvalue weighted by molar-refractivity contribution is 5.76. The lowest BCUT2D eigenvalue weighted by Crippen LogP contribution is -2.45. The van der Waals surface area contributed by atoms with Gasteiger partial charge in [-0.15, -0.1) is 0 Å². The third kappa shape index (κ3) is 2.83. The van der Waals surface area contributed by atoms with Crippen LogP contribution in [0.25, 0.3) is 0 Å². The molecule has 2 aromatic rings. The van der Waals surface area contributed by atoms with Crippen molar-refractivity contribution in [3.05, 3.63) is 29.7 Å². The topological polar surface area (TPSA) is 94.0 Å². The van der Waals surface area contributed by atoms with E-state index in [1.165, 1.54) is 0 Å². The number of carboxylic acids is 1. The van der Waals surface area contributed by atoms with Gasteiger partial charge in [0.1, 0.15) is 0 Å². The van der Waals surface area contributed by atoms with Crippen molar-refractivity contribution in [2.24, 2.45) is 0 Å². The van der Waals surface area contributed by atoms with E-state index in [2.05, 4.69) is 29.1 Å². The maximum Gasteiger partial charge on any atom is 0.331 e. The Bertz CT molecular complexity index is 711. The fraction of sp³-hybridized carbons (Fsp3) is 0.647. The molecular weight excluding hydrogens is 308 g/mol. The summed E-state index contributed by atoms with van der Waals surface area (Å²) in [6.07, 6.45) is 6.81. The van der Waals surface area contributed by atoms with Crippen LogP contribution in [-0.4, -0.2) is 31.0 Å². The van der Waals surface area contributed by atoms with Crippen LogP contribution in [0.3, 0.4) is 0 Å². The van der Waals surface area contributed by atoms with Crippen molar-refractivity contribution < 1.29 is 14.4 Å². The van der Waals surface area contributed by atoms with E-state index in [1.807, 2.05) is 13.1 Å². The molecule has 1 N–H and O–H groups in total. The van der Waals surface area contributed by atoms with Crippen LogP contribution >= 0.6 is 0 Å². The van der Waals surface area contributed by atoms with Gasteiger partial charge >= 0.3 is 5.97 Å². The molecule has 0 amide bonds. The molecule has 1 fully saturated rings. The van der Waals surface area contributed by atoms with E-state index in [1.54, 1.807) is 10.9 Å². The Morgan fingerprint density at radius 2 is 2.17 bits per heavy atom. The number of hydrogen-bond acceptors (Lipinski definition) is 5. The van der Waals surface area contributed by atoms with E-state index in [9.17, 15) is 9.90 Å². The molecule has 0 aromatic carbocycles. The molecular formula is C17H24N4O3. The summed E-state index contributed by atoms with van der Waals surface area (Å²) in [5.41, 5.74) is 0.0827. The molecule has 1 aliphatic rings. The van der Waals surface area contributed by atoms with E-state index in [0.717, 1.165) is 12.0 Å². The molecule has 7 nitrogen and oxygen atoms in total. The summed E-state index contributed by atoms with van der Waals surface area (Å²) in [4.78, 5) is 16.4. The molecule has 1 saturated carbocycles. The normalized spacial score (nSPS) is 24.4. The zero-order chi connectivity index (χ0) is 17.3. The van der Waals surface area contributed by atoms with E-state index in [0.29, 0.717) is 43.3 Å². The molecule has 0 saturated heterocycles. The predicted octanol–water partition coefficient (Wildman–Crippen LogP) is 3.09. The van der Waals surface area contributed by atoms with E-state index in [-0.39, 0.29) is 5.92 Å². The first kappa shape index (κ1) is 16.7. The van der Waals surface area contributed by atoms with Crippen molar-refractivity contribution in [2.75, 3.05) is 0 Å². The molecule has 0 spiro atoms. The second kappa shape index (κ2) is 6.37. The SMILES string of the molecule is CCc1noc(C2CCC(C(=O)O)(n3cc(C(C)C)cn3)CC2)n1. The largest absolute Gasteiger partial charge is 0.479 e. The van der Waals surface area contributed by atoms with Crippen LogP contribution in [0.2, 0.25) is 0 Å². The molecule has 24 heavy (non-hydrogen) atoms. The lowest BCUT2D eigenvalue weighted by atomic mass is 9.76. The van der Waals surface area contributed by atoms with E-state index in [4.69, 9.17) is 4.52 Å². The van der Waals surface area contributed by atoms with Crippen LogP contribution in [-0.2, 0) is 16.8 Å². The van der Waals surface area contributed by atoms with Crippen LogP contribution in [0.15, 0.2) is 16.9 Å². The van der Waals surface area contributed by atoms with Gasteiger partial charge in [0.2, 0.25) is 5.89 Å². The second-order valence-corrected chi connectivity index (χ2v) is 6.89. The number of carbonyl (C=O) groups is 1. The van der Waals surface area contributed by atoms with Gasteiger partial charge in [-0.25, -0.2) is 4.79 Å². The first-order valence-corrected chi connectivity index (χ1v) is 8.57. The standard InChI is InChI=1S/C17H24N4O3/c1-4-14-19-15(24-20-14)12-5-7-17(8-6-12,16(22)23)21-10-13(9-18-21)11(2)3/h9-12H,4-8H2,1-3H3,(H,22,23). The minimum Gasteiger partial charge on any atom is -0.479 e. The number of aromatic nitrogens is 4. The van der Waals surface area contributed by atoms with Crippen LogP contribution < -0.4 is 0 Å². The van der Waals surface area contributed by atoms with Gasteiger partial charge in [0.25, 0.3) is 0 Å². The second-order valence-electron chi connectivity index (χ2n) is 6.89. The van der Waals surface area contributed by atoms with Crippen molar-refractivity contribution in [3.8, 4) is 0 Å². The summed E-state index contributed by atoms with van der Waals surface area (Å²) in [6.45, 7) is 6.13. The Morgan fingerprint density at radius 3 is 2.67 bits per heavy atom. The first-order chi connectivity index (χ1) is 11.5. The highest BCUT2D eigenvalue weighted by Crippen LogP contribution is 2.42. The minimum atomic E-state index is -0.975. The Kier molecular flexibility index (Phi) is 4.43. The number of rotatable bonds is 5. The van der Waals surface area contributed by atoms with Gasteiger partial charge in [-0.3, -0.25) is 4.68 Å². The quantitative estimate of drug-likeness (QED) is 0.904. The molecule has 0 bridgehead atoms. The van der Waals surface area contributed by atoms with E-state index >= 15 is 0 Å². The summed E-state index contributed by atoms with van der Waals surface area (Å²) < 4.78 is 6.98. The highest BCUT2D eigenvalue weighted by Gasteiger charge is 2.45. The zero-order valence-electron chi connectivity index (χ0n) is 14.4. The third-order valence-corrected chi connectivity index (χ3v) is 5.07. The van der Waals surface area contributed by atoms with Crippen LogP contribution in [0.5, 0.6) is 0 Å². The molecule has 3 rings (SSSR count). The Labute approximate surface area is 141 Å². The number of carboxylic acid groups (broad SMARTS) is 1. The van der Waals surface area contributed by atoms with Crippen molar-refractivity contribution in [3.63, 3.8) is 0 Å². The maximum atomic E-state index is 12.0. The average Bonchev–Trinajstić information content (AvgIpc) is 3.24. The number of hydrogen-bond donors (Lipinski definition) is 1. The van der Waals surface area contributed by atoms with Gasteiger partial charge in [-0.1, -0.05) is 25.9 Å². The van der Waals surface area contributed by atoms with Gasteiger partial charge < -0.3 is 9.63 Å². The summed E-state index contributed by atoms with van der Waals surface area (Å²) in [7, 11) is 0. The Hall–Kier alpha value is -2.18.